The lowest BCUT2D eigenvalue weighted by atomic mass is 10.0. The van der Waals surface area contributed by atoms with Gasteiger partial charge in [0.05, 0.1) is 17.2 Å². The molecule has 0 aliphatic carbocycles. The van der Waals surface area contributed by atoms with Crippen LogP contribution >= 0.6 is 11.8 Å². The molecule has 3 N–H and O–H groups in total. The minimum absolute atomic E-state index is 0.146. The lowest BCUT2D eigenvalue weighted by Crippen LogP contribution is -2.39. The maximum Gasteiger partial charge on any atom is 0.417 e. The van der Waals surface area contributed by atoms with Crippen LogP contribution in [0.15, 0.2) is 23.4 Å². The summed E-state index contributed by atoms with van der Waals surface area (Å²) >= 11 is 1.19. The number of pyridine rings is 1. The van der Waals surface area contributed by atoms with Gasteiger partial charge in [0.1, 0.15) is 0 Å². The predicted octanol–water partition coefficient (Wildman–Crippen LogP) is 2.54. The quantitative estimate of drug-likeness (QED) is 0.819. The predicted molar refractivity (Wildman–Crippen MR) is 68.8 cm³/mol. The highest BCUT2D eigenvalue weighted by Crippen LogP contribution is 2.31. The van der Waals surface area contributed by atoms with Crippen molar-refractivity contribution in [3.8, 4) is 0 Å². The first-order chi connectivity index (χ1) is 8.75. The van der Waals surface area contributed by atoms with Gasteiger partial charge in [-0.25, -0.2) is 4.98 Å². The van der Waals surface area contributed by atoms with E-state index < -0.39 is 11.7 Å². The molecule has 0 spiro atoms. The number of alkyl halides is 3. The molecule has 0 fully saturated rings. The van der Waals surface area contributed by atoms with Crippen molar-refractivity contribution in [2.24, 2.45) is 11.7 Å². The molecule has 0 aromatic carbocycles. The molecule has 0 saturated heterocycles. The van der Waals surface area contributed by atoms with Crippen molar-refractivity contribution in [2.45, 2.75) is 36.3 Å². The van der Waals surface area contributed by atoms with Crippen LogP contribution in [0.1, 0.15) is 19.4 Å². The fourth-order valence-corrected chi connectivity index (χ4v) is 2.56. The van der Waals surface area contributed by atoms with Crippen molar-refractivity contribution in [1.82, 2.24) is 4.98 Å². The molecule has 0 amide bonds. The number of halogens is 3. The Morgan fingerprint density at radius 2 is 2.00 bits per heavy atom. The smallest absolute Gasteiger partial charge is 0.395 e. The summed E-state index contributed by atoms with van der Waals surface area (Å²) in [5.41, 5.74) is 5.14. The van der Waals surface area contributed by atoms with Gasteiger partial charge >= 0.3 is 6.18 Å². The third kappa shape index (κ3) is 4.67. The molecule has 19 heavy (non-hydrogen) atoms. The van der Waals surface area contributed by atoms with E-state index in [4.69, 9.17) is 5.73 Å². The van der Waals surface area contributed by atoms with Crippen molar-refractivity contribution in [3.05, 3.63) is 23.9 Å². The minimum atomic E-state index is -4.39. The Hall–Kier alpha value is -0.790. The van der Waals surface area contributed by atoms with Gasteiger partial charge in [-0.3, -0.25) is 0 Å². The molecule has 0 bridgehead atoms. The van der Waals surface area contributed by atoms with Crippen molar-refractivity contribution >= 4 is 11.8 Å². The van der Waals surface area contributed by atoms with Crippen LogP contribution in [0.25, 0.3) is 0 Å². The number of hydrogen-bond donors (Lipinski definition) is 2. The van der Waals surface area contributed by atoms with Crippen LogP contribution in [-0.4, -0.2) is 28.0 Å². The molecule has 0 radical (unpaired) electrons. The van der Waals surface area contributed by atoms with Crippen LogP contribution in [0, 0.1) is 5.92 Å². The first-order valence-electron chi connectivity index (χ1n) is 5.82. The molecule has 0 aliphatic heterocycles. The second kappa shape index (κ2) is 6.58. The maximum absolute atomic E-state index is 12.4. The summed E-state index contributed by atoms with van der Waals surface area (Å²) < 4.78 is 37.1. The van der Waals surface area contributed by atoms with Crippen LogP contribution < -0.4 is 5.73 Å². The van der Waals surface area contributed by atoms with Crippen LogP contribution in [0.3, 0.4) is 0 Å². The summed E-state index contributed by atoms with van der Waals surface area (Å²) in [4.78, 5) is 3.75. The Balaban J connectivity index is 2.76. The van der Waals surface area contributed by atoms with E-state index >= 15 is 0 Å². The van der Waals surface area contributed by atoms with Crippen LogP contribution in [0.5, 0.6) is 0 Å². The molecule has 3 nitrogen and oxygen atoms in total. The number of hydrogen-bond acceptors (Lipinski definition) is 4. The summed E-state index contributed by atoms with van der Waals surface area (Å²) in [7, 11) is 0. The molecule has 1 aromatic rings. The number of aliphatic hydroxyl groups excluding tert-OH is 1. The van der Waals surface area contributed by atoms with Crippen LogP contribution in [-0.2, 0) is 6.18 Å². The number of aromatic nitrogens is 1. The van der Waals surface area contributed by atoms with Gasteiger partial charge in [0, 0.05) is 17.5 Å². The van der Waals surface area contributed by atoms with E-state index in [0.717, 1.165) is 12.3 Å². The van der Waals surface area contributed by atoms with Crippen LogP contribution in [0.2, 0.25) is 0 Å². The zero-order chi connectivity index (χ0) is 14.6. The maximum atomic E-state index is 12.4. The Bertz CT molecular complexity index is 395. The molecular formula is C12H17F3N2OS. The molecular weight excluding hydrogens is 277 g/mol. The van der Waals surface area contributed by atoms with E-state index in [9.17, 15) is 18.3 Å². The van der Waals surface area contributed by atoms with Gasteiger partial charge in [0.15, 0.2) is 0 Å². The lowest BCUT2D eigenvalue weighted by molar-refractivity contribution is -0.137. The molecule has 2 atom stereocenters. The van der Waals surface area contributed by atoms with Gasteiger partial charge in [-0.15, -0.1) is 0 Å². The molecule has 0 aliphatic rings. The SMILES string of the molecule is CC(C)C(N)C(CO)Sc1ccc(C(F)(F)F)cn1. The van der Waals surface area contributed by atoms with E-state index in [-0.39, 0.29) is 23.8 Å². The summed E-state index contributed by atoms with van der Waals surface area (Å²) in [6, 6.07) is 2.02. The molecule has 0 saturated carbocycles. The van der Waals surface area contributed by atoms with Crippen molar-refractivity contribution < 1.29 is 18.3 Å². The molecule has 1 heterocycles. The zero-order valence-electron chi connectivity index (χ0n) is 10.7. The average molecular weight is 294 g/mol. The zero-order valence-corrected chi connectivity index (χ0v) is 11.5. The summed E-state index contributed by atoms with van der Waals surface area (Å²) in [5, 5.41) is 9.41. The van der Waals surface area contributed by atoms with Gasteiger partial charge < -0.3 is 10.8 Å². The fraction of sp³-hybridized carbons (Fsp3) is 0.583. The molecule has 7 heteroatoms. The monoisotopic (exact) mass is 294 g/mol. The van der Waals surface area contributed by atoms with Gasteiger partial charge in [0.25, 0.3) is 0 Å². The van der Waals surface area contributed by atoms with E-state index in [1.807, 2.05) is 13.8 Å². The van der Waals surface area contributed by atoms with Gasteiger partial charge in [-0.1, -0.05) is 25.6 Å². The summed E-state index contributed by atoms with van der Waals surface area (Å²) in [5.74, 6) is 0.166. The standard InChI is InChI=1S/C12H17F3N2OS/c1-7(2)11(16)9(6-18)19-10-4-3-8(5-17-10)12(13,14)15/h3-5,7,9,11,18H,6,16H2,1-2H3. The summed E-state index contributed by atoms with van der Waals surface area (Å²) in [6.45, 7) is 3.70. The minimum Gasteiger partial charge on any atom is -0.395 e. The molecule has 108 valence electrons. The average Bonchev–Trinajstić information content (AvgIpc) is 2.34. The number of nitrogens with zero attached hydrogens (tertiary/aromatic N) is 1. The molecule has 2 unspecified atom stereocenters. The normalized spacial score (nSPS) is 15.6. The number of aliphatic hydroxyl groups is 1. The highest BCUT2D eigenvalue weighted by molar-refractivity contribution is 7.99. The topological polar surface area (TPSA) is 59.1 Å². The second-order valence-electron chi connectivity index (χ2n) is 4.54. The number of rotatable bonds is 5. The highest BCUT2D eigenvalue weighted by atomic mass is 32.2. The first kappa shape index (κ1) is 16.3. The number of thioether (sulfide) groups is 1. The summed E-state index contributed by atoms with van der Waals surface area (Å²) in [6.07, 6.45) is -3.60. The van der Waals surface area contributed by atoms with Gasteiger partial charge in [0.2, 0.25) is 0 Å². The van der Waals surface area contributed by atoms with E-state index in [1.165, 1.54) is 17.8 Å². The van der Waals surface area contributed by atoms with E-state index in [0.29, 0.717) is 5.03 Å². The Morgan fingerprint density at radius 1 is 1.37 bits per heavy atom. The van der Waals surface area contributed by atoms with Crippen molar-refractivity contribution in [2.75, 3.05) is 6.61 Å². The van der Waals surface area contributed by atoms with Crippen molar-refractivity contribution in [1.29, 1.82) is 0 Å². The van der Waals surface area contributed by atoms with E-state index in [1.54, 1.807) is 0 Å². The molecule has 1 rings (SSSR count). The Morgan fingerprint density at radius 3 is 2.37 bits per heavy atom. The molecule has 1 aromatic heterocycles. The van der Waals surface area contributed by atoms with Gasteiger partial charge in [-0.2, -0.15) is 13.2 Å². The first-order valence-corrected chi connectivity index (χ1v) is 6.70. The van der Waals surface area contributed by atoms with Crippen LogP contribution in [0.4, 0.5) is 13.2 Å². The largest absolute Gasteiger partial charge is 0.417 e. The fourth-order valence-electron chi connectivity index (χ4n) is 1.44. The van der Waals surface area contributed by atoms with Gasteiger partial charge in [-0.05, 0) is 18.1 Å². The third-order valence-corrected chi connectivity index (χ3v) is 3.96. The third-order valence-electron chi connectivity index (χ3n) is 2.71. The Labute approximate surface area is 114 Å². The van der Waals surface area contributed by atoms with E-state index in [2.05, 4.69) is 4.98 Å². The Kier molecular flexibility index (Phi) is 5.64. The highest BCUT2D eigenvalue weighted by Gasteiger charge is 2.31. The second-order valence-corrected chi connectivity index (χ2v) is 5.80. The van der Waals surface area contributed by atoms with Crippen molar-refractivity contribution in [3.63, 3.8) is 0 Å². The lowest BCUT2D eigenvalue weighted by Gasteiger charge is -2.24. The number of nitrogens with two attached hydrogens (primary N) is 1.